The zero-order chi connectivity index (χ0) is 18.1. The molecule has 1 fully saturated rings. The summed E-state index contributed by atoms with van der Waals surface area (Å²) < 4.78 is 29.7. The Bertz CT molecular complexity index is 762. The number of aromatic amines is 1. The highest BCUT2D eigenvalue weighted by molar-refractivity contribution is 5.87. The summed E-state index contributed by atoms with van der Waals surface area (Å²) in [4.78, 5) is 25.3. The number of hydrogen-bond acceptors (Lipinski definition) is 5. The SMILES string of the molecule is CCC(F)(F)C1(CC(=O)CN)CCCN(c2ncnc3[nH]ccc23)C1. The number of piperidine rings is 1. The van der Waals surface area contributed by atoms with Crippen LogP contribution in [0.4, 0.5) is 14.6 Å². The van der Waals surface area contributed by atoms with Crippen molar-refractivity contribution < 1.29 is 13.6 Å². The van der Waals surface area contributed by atoms with Crippen molar-refractivity contribution in [3.8, 4) is 0 Å². The van der Waals surface area contributed by atoms with E-state index in [1.54, 1.807) is 6.20 Å². The van der Waals surface area contributed by atoms with Crippen molar-refractivity contribution in [2.45, 2.75) is 38.5 Å². The lowest BCUT2D eigenvalue weighted by atomic mass is 9.70. The summed E-state index contributed by atoms with van der Waals surface area (Å²) in [5.74, 6) is -2.65. The average Bonchev–Trinajstić information content (AvgIpc) is 3.10. The van der Waals surface area contributed by atoms with Crippen molar-refractivity contribution in [1.82, 2.24) is 15.0 Å². The number of halogens is 2. The lowest BCUT2D eigenvalue weighted by Crippen LogP contribution is -2.54. The number of nitrogens with zero attached hydrogens (tertiary/aromatic N) is 3. The monoisotopic (exact) mass is 351 g/mol. The van der Waals surface area contributed by atoms with E-state index in [-0.39, 0.29) is 31.7 Å². The third kappa shape index (κ3) is 3.10. The van der Waals surface area contributed by atoms with E-state index in [1.807, 2.05) is 11.0 Å². The third-order valence-electron chi connectivity index (χ3n) is 5.19. The lowest BCUT2D eigenvalue weighted by molar-refractivity contribution is -0.148. The lowest BCUT2D eigenvalue weighted by Gasteiger charge is -2.47. The zero-order valence-corrected chi connectivity index (χ0v) is 14.3. The van der Waals surface area contributed by atoms with E-state index in [9.17, 15) is 13.6 Å². The van der Waals surface area contributed by atoms with Crippen LogP contribution in [-0.4, -0.2) is 46.3 Å². The van der Waals surface area contributed by atoms with Gasteiger partial charge in [-0.3, -0.25) is 4.79 Å². The van der Waals surface area contributed by atoms with Gasteiger partial charge in [0.05, 0.1) is 17.3 Å². The first-order valence-electron chi connectivity index (χ1n) is 8.55. The summed E-state index contributed by atoms with van der Waals surface area (Å²) in [5.41, 5.74) is 4.66. The van der Waals surface area contributed by atoms with Gasteiger partial charge in [-0.1, -0.05) is 6.92 Å². The summed E-state index contributed by atoms with van der Waals surface area (Å²) in [6.07, 6.45) is 3.54. The van der Waals surface area contributed by atoms with Crippen molar-refractivity contribution in [3.05, 3.63) is 18.6 Å². The van der Waals surface area contributed by atoms with Crippen molar-refractivity contribution in [1.29, 1.82) is 0 Å². The van der Waals surface area contributed by atoms with Crippen molar-refractivity contribution in [2.24, 2.45) is 11.1 Å². The molecule has 0 radical (unpaired) electrons. The maximum atomic E-state index is 14.9. The van der Waals surface area contributed by atoms with E-state index >= 15 is 0 Å². The first-order valence-corrected chi connectivity index (χ1v) is 8.55. The van der Waals surface area contributed by atoms with Crippen LogP contribution in [0.15, 0.2) is 18.6 Å². The number of carbonyl (C=O) groups excluding carboxylic acids is 1. The first kappa shape index (κ1) is 17.7. The molecule has 3 rings (SSSR count). The summed E-state index contributed by atoms with van der Waals surface area (Å²) >= 11 is 0. The van der Waals surface area contributed by atoms with Gasteiger partial charge in [0, 0.05) is 32.1 Å². The molecular weight excluding hydrogens is 328 g/mol. The number of carbonyl (C=O) groups is 1. The molecule has 1 saturated heterocycles. The minimum absolute atomic E-state index is 0.0802. The van der Waals surface area contributed by atoms with Gasteiger partial charge in [-0.2, -0.15) is 0 Å². The van der Waals surface area contributed by atoms with Crippen LogP contribution in [0.3, 0.4) is 0 Å². The molecule has 1 aliphatic rings. The van der Waals surface area contributed by atoms with E-state index < -0.39 is 11.3 Å². The fourth-order valence-electron chi connectivity index (χ4n) is 3.82. The molecule has 2 aromatic rings. The second kappa shape index (κ2) is 6.67. The van der Waals surface area contributed by atoms with E-state index in [1.165, 1.54) is 13.3 Å². The van der Waals surface area contributed by atoms with Crippen molar-refractivity contribution in [3.63, 3.8) is 0 Å². The number of fused-ring (bicyclic) bond motifs is 1. The number of anilines is 1. The molecule has 0 aliphatic carbocycles. The van der Waals surface area contributed by atoms with Crippen molar-refractivity contribution >= 4 is 22.6 Å². The number of rotatable bonds is 6. The number of Topliss-reactive ketones (excluding diaryl/α,β-unsaturated/α-hetero) is 1. The fraction of sp³-hybridized carbons (Fsp3) is 0.588. The van der Waals surface area contributed by atoms with Crippen LogP contribution in [0.25, 0.3) is 11.0 Å². The third-order valence-corrected chi connectivity index (χ3v) is 5.19. The standard InChI is InChI=1S/C17H23F2N5O/c1-2-17(18,19)16(8-12(25)9-20)5-3-7-24(10-16)15-13-4-6-21-14(13)22-11-23-15/h4,6,11H,2-3,5,7-10,20H2,1H3,(H,21,22,23). The number of aromatic nitrogens is 3. The molecule has 136 valence electrons. The van der Waals surface area contributed by atoms with Gasteiger partial charge in [0.25, 0.3) is 5.92 Å². The normalized spacial score (nSPS) is 21.7. The predicted molar refractivity (Wildman–Crippen MR) is 91.7 cm³/mol. The highest BCUT2D eigenvalue weighted by atomic mass is 19.3. The Hall–Kier alpha value is -2.09. The molecule has 2 aromatic heterocycles. The van der Waals surface area contributed by atoms with Gasteiger partial charge in [-0.15, -0.1) is 0 Å². The summed E-state index contributed by atoms with van der Waals surface area (Å²) in [5, 5.41) is 0.795. The minimum Gasteiger partial charge on any atom is -0.355 e. The molecule has 3 N–H and O–H groups in total. The molecule has 0 spiro atoms. The predicted octanol–water partition coefficient (Wildman–Crippen LogP) is 2.51. The maximum Gasteiger partial charge on any atom is 0.255 e. The minimum atomic E-state index is -2.94. The molecule has 25 heavy (non-hydrogen) atoms. The van der Waals surface area contributed by atoms with Crippen LogP contribution >= 0.6 is 0 Å². The fourth-order valence-corrected chi connectivity index (χ4v) is 3.82. The van der Waals surface area contributed by atoms with E-state index in [0.717, 1.165) is 5.39 Å². The number of hydrogen-bond donors (Lipinski definition) is 2. The molecule has 6 nitrogen and oxygen atoms in total. The van der Waals surface area contributed by atoms with Crippen molar-refractivity contribution in [2.75, 3.05) is 24.5 Å². The Labute approximate surface area is 144 Å². The van der Waals surface area contributed by atoms with Gasteiger partial charge < -0.3 is 15.6 Å². The maximum absolute atomic E-state index is 14.9. The average molecular weight is 351 g/mol. The highest BCUT2D eigenvalue weighted by Crippen LogP contribution is 2.49. The molecule has 3 heterocycles. The molecule has 1 aliphatic heterocycles. The number of nitrogens with one attached hydrogen (secondary N) is 1. The molecule has 1 atom stereocenters. The Morgan fingerprint density at radius 3 is 3.00 bits per heavy atom. The van der Waals surface area contributed by atoms with Crippen LogP contribution in [0.2, 0.25) is 0 Å². The van der Waals surface area contributed by atoms with E-state index in [4.69, 9.17) is 5.73 Å². The summed E-state index contributed by atoms with van der Waals surface area (Å²) in [6, 6.07) is 1.84. The van der Waals surface area contributed by atoms with Gasteiger partial charge in [0.15, 0.2) is 0 Å². The topological polar surface area (TPSA) is 87.9 Å². The van der Waals surface area contributed by atoms with Crippen LogP contribution in [0.5, 0.6) is 0 Å². The first-order chi connectivity index (χ1) is 11.9. The molecule has 0 saturated carbocycles. The quantitative estimate of drug-likeness (QED) is 0.835. The van der Waals surface area contributed by atoms with Crippen LogP contribution in [-0.2, 0) is 4.79 Å². The molecule has 0 bridgehead atoms. The molecule has 8 heteroatoms. The Morgan fingerprint density at radius 2 is 2.28 bits per heavy atom. The Balaban J connectivity index is 1.98. The zero-order valence-electron chi connectivity index (χ0n) is 14.3. The summed E-state index contributed by atoms with van der Waals surface area (Å²) in [6.45, 7) is 1.95. The molecular formula is C17H23F2N5O. The van der Waals surface area contributed by atoms with Gasteiger partial charge in [-0.05, 0) is 18.9 Å². The smallest absolute Gasteiger partial charge is 0.255 e. The van der Waals surface area contributed by atoms with Crippen LogP contribution in [0, 0.1) is 5.41 Å². The second-order valence-electron chi connectivity index (χ2n) is 6.72. The molecule has 1 unspecified atom stereocenters. The summed E-state index contributed by atoms with van der Waals surface area (Å²) in [7, 11) is 0. The van der Waals surface area contributed by atoms with Crippen LogP contribution < -0.4 is 10.6 Å². The van der Waals surface area contributed by atoms with Crippen LogP contribution in [0.1, 0.15) is 32.6 Å². The molecule has 0 amide bonds. The van der Waals surface area contributed by atoms with Gasteiger partial charge in [0.2, 0.25) is 0 Å². The Kier molecular flexibility index (Phi) is 4.73. The van der Waals surface area contributed by atoms with Gasteiger partial charge in [0.1, 0.15) is 23.6 Å². The van der Waals surface area contributed by atoms with Gasteiger partial charge >= 0.3 is 0 Å². The number of H-pyrrole nitrogens is 1. The second-order valence-corrected chi connectivity index (χ2v) is 6.72. The number of ketones is 1. The largest absolute Gasteiger partial charge is 0.355 e. The van der Waals surface area contributed by atoms with E-state index in [2.05, 4.69) is 15.0 Å². The van der Waals surface area contributed by atoms with Gasteiger partial charge in [-0.25, -0.2) is 18.7 Å². The Morgan fingerprint density at radius 1 is 1.48 bits per heavy atom. The molecule has 0 aromatic carbocycles. The highest BCUT2D eigenvalue weighted by Gasteiger charge is 2.54. The van der Waals surface area contributed by atoms with E-state index in [0.29, 0.717) is 30.9 Å². The number of nitrogens with two attached hydrogens (primary N) is 1. The number of alkyl halides is 2.